The van der Waals surface area contributed by atoms with E-state index in [4.69, 9.17) is 14.5 Å². The van der Waals surface area contributed by atoms with Gasteiger partial charge in [-0.1, -0.05) is 23.9 Å². The highest BCUT2D eigenvalue weighted by Gasteiger charge is 2.31. The molecule has 0 bridgehead atoms. The zero-order chi connectivity index (χ0) is 20.8. The highest BCUT2D eigenvalue weighted by atomic mass is 32.2. The molecule has 0 saturated carbocycles. The van der Waals surface area contributed by atoms with Gasteiger partial charge in [0.25, 0.3) is 5.56 Å². The van der Waals surface area contributed by atoms with Gasteiger partial charge in [-0.3, -0.25) is 9.36 Å². The molecule has 0 spiro atoms. The van der Waals surface area contributed by atoms with Crippen LogP contribution < -0.4 is 10.3 Å². The van der Waals surface area contributed by atoms with Gasteiger partial charge in [0.2, 0.25) is 0 Å². The van der Waals surface area contributed by atoms with Crippen molar-refractivity contribution < 1.29 is 9.47 Å². The Bertz CT molecular complexity index is 1140. The molecule has 0 aliphatic carbocycles. The molecule has 152 valence electrons. The van der Waals surface area contributed by atoms with Gasteiger partial charge in [0.05, 0.1) is 30.4 Å². The minimum absolute atomic E-state index is 0.0282. The summed E-state index contributed by atoms with van der Waals surface area (Å²) >= 11 is 3.10. The van der Waals surface area contributed by atoms with Crippen molar-refractivity contribution in [1.29, 1.82) is 0 Å². The maximum Gasteiger partial charge on any atom is 0.267 e. The quantitative estimate of drug-likeness (QED) is 0.326. The standard InChI is InChI=1S/C22H24N2O3S2/c1-13(2)12-28-21-23-19-18(16-10-22(3,4)27-11-17(16)29-19)20(25)24(21)14-6-8-15(26-5)9-7-14/h6-9H,1,10-12H2,2-5H3. The monoisotopic (exact) mass is 428 g/mol. The van der Waals surface area contributed by atoms with Crippen LogP contribution in [-0.4, -0.2) is 28.0 Å². The van der Waals surface area contributed by atoms with Crippen molar-refractivity contribution in [2.24, 2.45) is 0 Å². The number of benzene rings is 1. The molecule has 5 nitrogen and oxygen atoms in total. The lowest BCUT2D eigenvalue weighted by atomic mass is 9.94. The van der Waals surface area contributed by atoms with Crippen LogP contribution in [0.1, 0.15) is 31.2 Å². The number of ether oxygens (including phenoxy) is 2. The lowest BCUT2D eigenvalue weighted by Crippen LogP contribution is -2.32. The van der Waals surface area contributed by atoms with Crippen LogP contribution >= 0.6 is 23.1 Å². The van der Waals surface area contributed by atoms with Crippen LogP contribution in [0, 0.1) is 0 Å². The predicted molar refractivity (Wildman–Crippen MR) is 120 cm³/mol. The minimum Gasteiger partial charge on any atom is -0.497 e. The lowest BCUT2D eigenvalue weighted by molar-refractivity contribution is -0.0379. The number of hydrogen-bond acceptors (Lipinski definition) is 6. The molecular formula is C22H24N2O3S2. The van der Waals surface area contributed by atoms with Crippen molar-refractivity contribution in [2.45, 2.75) is 44.6 Å². The summed E-state index contributed by atoms with van der Waals surface area (Å²) < 4.78 is 12.9. The summed E-state index contributed by atoms with van der Waals surface area (Å²) in [5.74, 6) is 1.45. The number of thiophene rings is 1. The Kier molecular flexibility index (Phi) is 5.31. The van der Waals surface area contributed by atoms with Gasteiger partial charge in [0.1, 0.15) is 10.6 Å². The number of methoxy groups -OCH3 is 1. The second-order valence-corrected chi connectivity index (χ2v) is 9.91. The Morgan fingerprint density at radius 2 is 2.10 bits per heavy atom. The average molecular weight is 429 g/mol. The second kappa shape index (κ2) is 7.63. The molecule has 0 N–H and O–H groups in total. The second-order valence-electron chi connectivity index (χ2n) is 7.89. The largest absolute Gasteiger partial charge is 0.497 e. The third-order valence-electron chi connectivity index (χ3n) is 4.85. The maximum absolute atomic E-state index is 13.7. The maximum atomic E-state index is 13.7. The number of nitrogens with zero attached hydrogens (tertiary/aromatic N) is 2. The van der Waals surface area contributed by atoms with Crippen LogP contribution in [-0.2, 0) is 17.8 Å². The van der Waals surface area contributed by atoms with Crippen molar-refractivity contribution in [3.05, 3.63) is 57.2 Å². The van der Waals surface area contributed by atoms with E-state index in [0.29, 0.717) is 23.9 Å². The summed E-state index contributed by atoms with van der Waals surface area (Å²) in [7, 11) is 1.63. The third-order valence-corrected chi connectivity index (χ3v) is 7.12. The van der Waals surface area contributed by atoms with Crippen molar-refractivity contribution in [3.8, 4) is 11.4 Å². The van der Waals surface area contributed by atoms with Crippen molar-refractivity contribution in [3.63, 3.8) is 0 Å². The molecule has 0 saturated heterocycles. The lowest BCUT2D eigenvalue weighted by Gasteiger charge is -2.29. The molecule has 4 rings (SSSR count). The van der Waals surface area contributed by atoms with Crippen LogP contribution in [0.4, 0.5) is 0 Å². The first-order chi connectivity index (χ1) is 13.8. The smallest absolute Gasteiger partial charge is 0.267 e. The Morgan fingerprint density at radius 3 is 2.76 bits per heavy atom. The number of hydrogen-bond donors (Lipinski definition) is 0. The normalized spacial score (nSPS) is 15.3. The molecule has 0 amide bonds. The zero-order valence-corrected chi connectivity index (χ0v) is 18.7. The number of fused-ring (bicyclic) bond motifs is 3. The van der Waals surface area contributed by atoms with Gasteiger partial charge in [-0.05, 0) is 50.6 Å². The molecule has 29 heavy (non-hydrogen) atoms. The summed E-state index contributed by atoms with van der Waals surface area (Å²) in [6, 6.07) is 7.51. The summed E-state index contributed by atoms with van der Waals surface area (Å²) in [5.41, 5.74) is 2.58. The number of aromatic nitrogens is 2. The predicted octanol–water partition coefficient (Wildman–Crippen LogP) is 4.98. The fraction of sp³-hybridized carbons (Fsp3) is 0.364. The Labute approximate surface area is 178 Å². The van der Waals surface area contributed by atoms with Crippen LogP contribution in [0.25, 0.3) is 15.9 Å². The van der Waals surface area contributed by atoms with E-state index < -0.39 is 0 Å². The van der Waals surface area contributed by atoms with E-state index in [-0.39, 0.29) is 11.2 Å². The van der Waals surface area contributed by atoms with E-state index in [0.717, 1.165) is 37.7 Å². The summed E-state index contributed by atoms with van der Waals surface area (Å²) in [5, 5.41) is 1.39. The fourth-order valence-electron chi connectivity index (χ4n) is 3.42. The van der Waals surface area contributed by atoms with E-state index in [1.54, 1.807) is 23.0 Å². The topological polar surface area (TPSA) is 53.4 Å². The molecule has 2 aromatic heterocycles. The zero-order valence-electron chi connectivity index (χ0n) is 17.1. The number of rotatable bonds is 5. The van der Waals surface area contributed by atoms with Crippen LogP contribution in [0.2, 0.25) is 0 Å². The van der Waals surface area contributed by atoms with Gasteiger partial charge in [-0.25, -0.2) is 4.98 Å². The van der Waals surface area contributed by atoms with E-state index in [1.807, 2.05) is 31.2 Å². The van der Waals surface area contributed by atoms with Gasteiger partial charge >= 0.3 is 0 Å². The van der Waals surface area contributed by atoms with Crippen LogP contribution in [0.15, 0.2) is 46.4 Å². The van der Waals surface area contributed by atoms with E-state index in [2.05, 4.69) is 20.4 Å². The summed E-state index contributed by atoms with van der Waals surface area (Å²) in [4.78, 5) is 20.5. The van der Waals surface area contributed by atoms with E-state index in [1.165, 1.54) is 11.8 Å². The first-order valence-corrected chi connectivity index (χ1v) is 11.2. The third kappa shape index (κ3) is 3.86. The Balaban J connectivity index is 1.95. The Hall–Kier alpha value is -2.09. The van der Waals surface area contributed by atoms with Crippen molar-refractivity contribution in [2.75, 3.05) is 12.9 Å². The van der Waals surface area contributed by atoms with Gasteiger partial charge in [-0.2, -0.15) is 0 Å². The van der Waals surface area contributed by atoms with Gasteiger partial charge < -0.3 is 9.47 Å². The first kappa shape index (κ1) is 20.2. The van der Waals surface area contributed by atoms with Crippen molar-refractivity contribution in [1.82, 2.24) is 9.55 Å². The summed E-state index contributed by atoms with van der Waals surface area (Å²) in [6.45, 7) is 10.6. The molecule has 1 aliphatic heterocycles. The molecule has 1 aliphatic rings. The fourth-order valence-corrected chi connectivity index (χ4v) is 5.42. The molecule has 3 heterocycles. The molecule has 0 radical (unpaired) electrons. The molecule has 0 atom stereocenters. The van der Waals surface area contributed by atoms with E-state index in [9.17, 15) is 4.79 Å². The Morgan fingerprint density at radius 1 is 1.38 bits per heavy atom. The molecule has 3 aromatic rings. The number of thioether (sulfide) groups is 1. The van der Waals surface area contributed by atoms with Crippen molar-refractivity contribution >= 4 is 33.3 Å². The minimum atomic E-state index is -0.286. The van der Waals surface area contributed by atoms with Gasteiger partial charge in [-0.15, -0.1) is 11.3 Å². The molecule has 0 fully saturated rings. The molecular weight excluding hydrogens is 404 g/mol. The van der Waals surface area contributed by atoms with Crippen LogP contribution in [0.5, 0.6) is 5.75 Å². The first-order valence-electron chi connectivity index (χ1n) is 9.42. The highest BCUT2D eigenvalue weighted by Crippen LogP contribution is 2.38. The van der Waals surface area contributed by atoms with Gasteiger partial charge in [0.15, 0.2) is 5.16 Å². The average Bonchev–Trinajstić information content (AvgIpc) is 3.03. The SMILES string of the molecule is C=C(C)CSc1nc2sc3c(c2c(=O)n1-c1ccc(OC)cc1)CC(C)(C)OC3. The van der Waals surface area contributed by atoms with E-state index >= 15 is 0 Å². The summed E-state index contributed by atoms with van der Waals surface area (Å²) in [6.07, 6.45) is 0.708. The molecule has 7 heteroatoms. The highest BCUT2D eigenvalue weighted by molar-refractivity contribution is 7.99. The van der Waals surface area contributed by atoms with Crippen LogP contribution in [0.3, 0.4) is 0 Å². The molecule has 1 aromatic carbocycles. The van der Waals surface area contributed by atoms with Gasteiger partial charge in [0, 0.05) is 17.1 Å². The molecule has 0 unspecified atom stereocenters.